The first kappa shape index (κ1) is 11.9. The van der Waals surface area contributed by atoms with Gasteiger partial charge in [-0.3, -0.25) is 0 Å². The van der Waals surface area contributed by atoms with Gasteiger partial charge in [-0.2, -0.15) is 0 Å². The van der Waals surface area contributed by atoms with Crippen LogP contribution in [0.25, 0.3) is 0 Å². The van der Waals surface area contributed by atoms with Crippen LogP contribution >= 0.6 is 23.3 Å². The Labute approximate surface area is 107 Å². The highest BCUT2D eigenvalue weighted by Crippen LogP contribution is 2.22. The molecule has 0 aliphatic heterocycles. The summed E-state index contributed by atoms with van der Waals surface area (Å²) in [6.07, 6.45) is 0. The van der Waals surface area contributed by atoms with Crippen molar-refractivity contribution in [3.8, 4) is 0 Å². The second-order valence-corrected chi connectivity index (χ2v) is 5.18. The van der Waals surface area contributed by atoms with E-state index in [4.69, 9.17) is 5.11 Å². The van der Waals surface area contributed by atoms with Crippen LogP contribution in [0.3, 0.4) is 0 Å². The Morgan fingerprint density at radius 1 is 1.41 bits per heavy atom. The number of carboxylic acid groups (broad SMARTS) is 1. The average Bonchev–Trinajstić information content (AvgIpc) is 2.73. The smallest absolute Gasteiger partial charge is 0.335 e. The second kappa shape index (κ2) is 5.20. The number of benzene rings is 1. The lowest BCUT2D eigenvalue weighted by atomic mass is 10.2. The SMILES string of the molecule is Cc1nc(SNc2ccc(C(=O)O)cc2)cs1. The van der Waals surface area contributed by atoms with Crippen molar-refractivity contribution < 1.29 is 9.90 Å². The van der Waals surface area contributed by atoms with Gasteiger partial charge in [-0.15, -0.1) is 11.3 Å². The van der Waals surface area contributed by atoms with Gasteiger partial charge < -0.3 is 9.83 Å². The molecule has 0 aliphatic carbocycles. The summed E-state index contributed by atoms with van der Waals surface area (Å²) in [4.78, 5) is 15.0. The van der Waals surface area contributed by atoms with E-state index in [0.717, 1.165) is 15.7 Å². The zero-order chi connectivity index (χ0) is 12.3. The third-order valence-corrected chi connectivity index (χ3v) is 3.68. The lowest BCUT2D eigenvalue weighted by molar-refractivity contribution is 0.0697. The predicted molar refractivity (Wildman–Crippen MR) is 69.7 cm³/mol. The van der Waals surface area contributed by atoms with E-state index in [1.165, 1.54) is 11.9 Å². The van der Waals surface area contributed by atoms with Gasteiger partial charge in [0.05, 0.1) is 10.6 Å². The molecule has 0 saturated heterocycles. The summed E-state index contributed by atoms with van der Waals surface area (Å²) in [5.41, 5.74) is 1.13. The summed E-state index contributed by atoms with van der Waals surface area (Å²) in [7, 11) is 0. The number of thiazole rings is 1. The number of aryl methyl sites for hydroxylation is 1. The van der Waals surface area contributed by atoms with Crippen LogP contribution in [0.5, 0.6) is 0 Å². The van der Waals surface area contributed by atoms with Crippen LogP contribution in [0.15, 0.2) is 34.7 Å². The van der Waals surface area contributed by atoms with Gasteiger partial charge in [0.15, 0.2) is 0 Å². The molecule has 0 spiro atoms. The van der Waals surface area contributed by atoms with E-state index in [1.54, 1.807) is 35.6 Å². The number of carboxylic acids is 1. The van der Waals surface area contributed by atoms with Crippen molar-refractivity contribution >= 4 is 34.9 Å². The van der Waals surface area contributed by atoms with Gasteiger partial charge in [-0.1, -0.05) is 0 Å². The van der Waals surface area contributed by atoms with E-state index >= 15 is 0 Å². The van der Waals surface area contributed by atoms with E-state index in [9.17, 15) is 4.79 Å². The third kappa shape index (κ3) is 3.21. The van der Waals surface area contributed by atoms with Crippen molar-refractivity contribution in [2.24, 2.45) is 0 Å². The monoisotopic (exact) mass is 266 g/mol. The molecule has 0 saturated carbocycles. The summed E-state index contributed by atoms with van der Waals surface area (Å²) < 4.78 is 3.11. The van der Waals surface area contributed by atoms with Gasteiger partial charge in [-0.25, -0.2) is 9.78 Å². The molecule has 0 atom stereocenters. The van der Waals surface area contributed by atoms with Crippen molar-refractivity contribution in [1.29, 1.82) is 0 Å². The summed E-state index contributed by atoms with van der Waals surface area (Å²) in [6.45, 7) is 1.95. The normalized spacial score (nSPS) is 10.2. The molecule has 0 bridgehead atoms. The Balaban J connectivity index is 1.97. The van der Waals surface area contributed by atoms with E-state index in [1.807, 2.05) is 12.3 Å². The minimum absolute atomic E-state index is 0.282. The van der Waals surface area contributed by atoms with Crippen molar-refractivity contribution in [3.63, 3.8) is 0 Å². The number of aromatic nitrogens is 1. The lowest BCUT2D eigenvalue weighted by Crippen LogP contribution is -1.95. The Hall–Kier alpha value is -1.53. The fourth-order valence-corrected chi connectivity index (χ4v) is 2.59. The van der Waals surface area contributed by atoms with Gasteiger partial charge in [0.1, 0.15) is 5.03 Å². The maximum absolute atomic E-state index is 10.7. The molecule has 0 fully saturated rings. The van der Waals surface area contributed by atoms with E-state index in [-0.39, 0.29) is 5.56 Å². The Bertz CT molecular complexity index is 523. The molecule has 1 aromatic carbocycles. The van der Waals surface area contributed by atoms with E-state index in [0.29, 0.717) is 0 Å². The third-order valence-electron chi connectivity index (χ3n) is 2.00. The maximum Gasteiger partial charge on any atom is 0.335 e. The van der Waals surface area contributed by atoms with Crippen LogP contribution in [-0.2, 0) is 0 Å². The molecular weight excluding hydrogens is 256 g/mol. The van der Waals surface area contributed by atoms with E-state index in [2.05, 4.69) is 9.71 Å². The number of carbonyl (C=O) groups is 1. The standard InChI is InChI=1S/C11H10N2O2S2/c1-7-12-10(6-16-7)17-13-9-4-2-8(3-5-9)11(14)15/h2-6,13H,1H3,(H,14,15). The van der Waals surface area contributed by atoms with Crippen molar-refractivity contribution in [2.75, 3.05) is 4.72 Å². The number of aromatic carboxylic acids is 1. The summed E-state index contributed by atoms with van der Waals surface area (Å²) >= 11 is 3.01. The lowest BCUT2D eigenvalue weighted by Gasteiger charge is -2.03. The molecule has 6 heteroatoms. The van der Waals surface area contributed by atoms with Crippen LogP contribution < -0.4 is 4.72 Å². The number of rotatable bonds is 4. The fraction of sp³-hybridized carbons (Fsp3) is 0.0909. The van der Waals surface area contributed by atoms with Crippen molar-refractivity contribution in [2.45, 2.75) is 11.9 Å². The first-order valence-corrected chi connectivity index (χ1v) is 6.53. The zero-order valence-electron chi connectivity index (χ0n) is 9.01. The molecule has 4 nitrogen and oxygen atoms in total. The number of nitrogens with one attached hydrogen (secondary N) is 1. The Morgan fingerprint density at radius 3 is 2.65 bits per heavy atom. The quantitative estimate of drug-likeness (QED) is 0.832. The molecular formula is C11H10N2O2S2. The molecule has 2 rings (SSSR count). The average molecular weight is 266 g/mol. The first-order valence-electron chi connectivity index (χ1n) is 4.83. The topological polar surface area (TPSA) is 62.2 Å². The molecule has 0 amide bonds. The molecule has 0 unspecified atom stereocenters. The largest absolute Gasteiger partial charge is 0.478 e. The highest BCUT2D eigenvalue weighted by molar-refractivity contribution is 8.00. The van der Waals surface area contributed by atoms with Gasteiger partial charge in [-0.05, 0) is 31.2 Å². The van der Waals surface area contributed by atoms with Crippen LogP contribution in [0.1, 0.15) is 15.4 Å². The molecule has 2 aromatic rings. The highest BCUT2D eigenvalue weighted by atomic mass is 32.2. The summed E-state index contributed by atoms with van der Waals surface area (Å²) in [6, 6.07) is 6.60. The number of nitrogens with zero attached hydrogens (tertiary/aromatic N) is 1. The molecule has 88 valence electrons. The Morgan fingerprint density at radius 2 is 2.12 bits per heavy atom. The molecule has 2 N–H and O–H groups in total. The van der Waals surface area contributed by atoms with Gasteiger partial charge in [0, 0.05) is 23.0 Å². The fourth-order valence-electron chi connectivity index (χ4n) is 1.18. The molecule has 1 aromatic heterocycles. The molecule has 1 heterocycles. The van der Waals surface area contributed by atoms with Crippen molar-refractivity contribution in [3.05, 3.63) is 40.2 Å². The second-order valence-electron chi connectivity index (χ2n) is 3.29. The molecule has 0 aliphatic rings. The number of anilines is 1. The molecule has 0 radical (unpaired) electrons. The minimum atomic E-state index is -0.917. The molecule has 17 heavy (non-hydrogen) atoms. The van der Waals surface area contributed by atoms with Gasteiger partial charge in [0.25, 0.3) is 0 Å². The van der Waals surface area contributed by atoms with Crippen molar-refractivity contribution in [1.82, 2.24) is 4.98 Å². The van der Waals surface area contributed by atoms with Gasteiger partial charge >= 0.3 is 5.97 Å². The van der Waals surface area contributed by atoms with E-state index < -0.39 is 5.97 Å². The van der Waals surface area contributed by atoms with Crippen LogP contribution in [0.2, 0.25) is 0 Å². The minimum Gasteiger partial charge on any atom is -0.478 e. The predicted octanol–water partition coefficient (Wildman–Crippen LogP) is 3.27. The zero-order valence-corrected chi connectivity index (χ0v) is 10.6. The highest BCUT2D eigenvalue weighted by Gasteiger charge is 2.02. The van der Waals surface area contributed by atoms with Gasteiger partial charge in [0.2, 0.25) is 0 Å². The summed E-state index contributed by atoms with van der Waals surface area (Å²) in [5.74, 6) is -0.917. The van der Waals surface area contributed by atoms with Crippen LogP contribution in [0.4, 0.5) is 5.69 Å². The van der Waals surface area contributed by atoms with Crippen LogP contribution in [0, 0.1) is 6.92 Å². The number of hydrogen-bond acceptors (Lipinski definition) is 5. The number of hydrogen-bond donors (Lipinski definition) is 2. The van der Waals surface area contributed by atoms with Crippen LogP contribution in [-0.4, -0.2) is 16.1 Å². The maximum atomic E-state index is 10.7. The summed E-state index contributed by atoms with van der Waals surface area (Å²) in [5, 5.41) is 12.7. The first-order chi connectivity index (χ1) is 8.15. The Kier molecular flexibility index (Phi) is 3.65.